The summed E-state index contributed by atoms with van der Waals surface area (Å²) in [6.45, 7) is 2.18. The molecular formula is C11H17NO3. The van der Waals surface area contributed by atoms with Gasteiger partial charge < -0.3 is 20.3 Å². The number of rotatable bonds is 5. The molecule has 0 aliphatic rings. The third kappa shape index (κ3) is 3.67. The van der Waals surface area contributed by atoms with Crippen LogP contribution in [-0.4, -0.2) is 24.9 Å². The van der Waals surface area contributed by atoms with Crippen LogP contribution in [0.1, 0.15) is 13.3 Å². The van der Waals surface area contributed by atoms with Crippen molar-refractivity contribution in [3.05, 3.63) is 18.2 Å². The van der Waals surface area contributed by atoms with E-state index in [4.69, 9.17) is 20.3 Å². The molecule has 0 aliphatic heterocycles. The van der Waals surface area contributed by atoms with Crippen molar-refractivity contribution < 1.29 is 14.6 Å². The maximum atomic E-state index is 9.05. The van der Waals surface area contributed by atoms with E-state index in [9.17, 15) is 0 Å². The molecule has 0 bridgehead atoms. The summed E-state index contributed by atoms with van der Waals surface area (Å²) in [4.78, 5) is 0. The smallest absolute Gasteiger partial charge is 0.142 e. The second-order valence-electron chi connectivity index (χ2n) is 3.39. The minimum Gasteiger partial charge on any atom is -0.497 e. The third-order valence-electron chi connectivity index (χ3n) is 2.01. The fourth-order valence-corrected chi connectivity index (χ4v) is 1.12. The van der Waals surface area contributed by atoms with Gasteiger partial charge >= 0.3 is 0 Å². The van der Waals surface area contributed by atoms with Crippen molar-refractivity contribution in [2.45, 2.75) is 19.4 Å². The van der Waals surface area contributed by atoms with Crippen molar-refractivity contribution in [3.8, 4) is 11.5 Å². The van der Waals surface area contributed by atoms with Gasteiger partial charge in [-0.3, -0.25) is 0 Å². The van der Waals surface area contributed by atoms with Crippen molar-refractivity contribution in [3.63, 3.8) is 0 Å². The Morgan fingerprint density at radius 3 is 2.73 bits per heavy atom. The van der Waals surface area contributed by atoms with Crippen LogP contribution in [0, 0.1) is 0 Å². The molecule has 1 unspecified atom stereocenters. The summed E-state index contributed by atoms with van der Waals surface area (Å²) in [7, 11) is 1.59. The van der Waals surface area contributed by atoms with Crippen molar-refractivity contribution in [2.24, 2.45) is 0 Å². The molecular weight excluding hydrogens is 194 g/mol. The molecule has 1 atom stereocenters. The molecule has 1 aromatic carbocycles. The molecule has 0 aliphatic carbocycles. The molecule has 0 aromatic heterocycles. The summed E-state index contributed by atoms with van der Waals surface area (Å²) >= 11 is 0. The number of methoxy groups -OCH3 is 1. The van der Waals surface area contributed by atoms with Gasteiger partial charge in [-0.1, -0.05) is 0 Å². The van der Waals surface area contributed by atoms with Gasteiger partial charge in [-0.25, -0.2) is 0 Å². The van der Waals surface area contributed by atoms with Gasteiger partial charge in [-0.05, 0) is 19.1 Å². The Labute approximate surface area is 89.6 Å². The van der Waals surface area contributed by atoms with Crippen molar-refractivity contribution in [1.82, 2.24) is 0 Å². The van der Waals surface area contributed by atoms with Gasteiger partial charge in [-0.2, -0.15) is 0 Å². The van der Waals surface area contributed by atoms with Gasteiger partial charge in [-0.15, -0.1) is 0 Å². The first-order valence-electron chi connectivity index (χ1n) is 4.88. The quantitative estimate of drug-likeness (QED) is 0.723. The SMILES string of the molecule is COc1ccc(OCCC(C)O)c(N)c1. The van der Waals surface area contributed by atoms with Crippen LogP contribution < -0.4 is 15.2 Å². The Kier molecular flexibility index (Phi) is 4.24. The lowest BCUT2D eigenvalue weighted by atomic mass is 10.2. The Morgan fingerprint density at radius 1 is 1.47 bits per heavy atom. The van der Waals surface area contributed by atoms with E-state index in [1.165, 1.54) is 0 Å². The summed E-state index contributed by atoms with van der Waals surface area (Å²) in [6, 6.07) is 5.25. The molecule has 0 saturated heterocycles. The maximum Gasteiger partial charge on any atom is 0.142 e. The molecule has 0 spiro atoms. The zero-order chi connectivity index (χ0) is 11.3. The topological polar surface area (TPSA) is 64.7 Å². The minimum absolute atomic E-state index is 0.357. The number of benzene rings is 1. The Balaban J connectivity index is 2.54. The van der Waals surface area contributed by atoms with Crippen molar-refractivity contribution in [1.29, 1.82) is 0 Å². The Morgan fingerprint density at radius 2 is 2.20 bits per heavy atom. The molecule has 0 radical (unpaired) electrons. The van der Waals surface area contributed by atoms with Crippen LogP contribution in [0.4, 0.5) is 5.69 Å². The average molecular weight is 211 g/mol. The normalized spacial score (nSPS) is 12.2. The lowest BCUT2D eigenvalue weighted by molar-refractivity contribution is 0.156. The van der Waals surface area contributed by atoms with Gasteiger partial charge in [0.15, 0.2) is 0 Å². The lowest BCUT2D eigenvalue weighted by Crippen LogP contribution is -2.08. The zero-order valence-corrected chi connectivity index (χ0v) is 9.06. The van der Waals surface area contributed by atoms with Crippen molar-refractivity contribution in [2.75, 3.05) is 19.5 Å². The monoisotopic (exact) mass is 211 g/mol. The van der Waals surface area contributed by atoms with Gasteiger partial charge in [0.05, 0.1) is 25.5 Å². The number of hydrogen-bond donors (Lipinski definition) is 2. The van der Waals surface area contributed by atoms with Gasteiger partial charge in [0.1, 0.15) is 11.5 Å². The summed E-state index contributed by atoms with van der Waals surface area (Å²) < 4.78 is 10.4. The number of nitrogens with two attached hydrogens (primary N) is 1. The van der Waals surface area contributed by atoms with Gasteiger partial charge in [0.25, 0.3) is 0 Å². The molecule has 1 rings (SSSR count). The highest BCUT2D eigenvalue weighted by Crippen LogP contribution is 2.26. The number of aliphatic hydroxyl groups excluding tert-OH is 1. The molecule has 84 valence electrons. The van der Waals surface area contributed by atoms with Gasteiger partial charge in [0, 0.05) is 12.5 Å². The highest BCUT2D eigenvalue weighted by Gasteiger charge is 2.03. The van der Waals surface area contributed by atoms with Crippen LogP contribution >= 0.6 is 0 Å². The average Bonchev–Trinajstić information content (AvgIpc) is 2.20. The van der Waals surface area contributed by atoms with Crippen LogP contribution in [-0.2, 0) is 0 Å². The lowest BCUT2D eigenvalue weighted by Gasteiger charge is -2.10. The van der Waals surface area contributed by atoms with Crippen LogP contribution in [0.2, 0.25) is 0 Å². The van der Waals surface area contributed by atoms with E-state index in [0.29, 0.717) is 30.2 Å². The Hall–Kier alpha value is -1.42. The number of anilines is 1. The summed E-state index contributed by atoms with van der Waals surface area (Å²) in [5.41, 5.74) is 6.29. The fraction of sp³-hybridized carbons (Fsp3) is 0.455. The number of aliphatic hydroxyl groups is 1. The van der Waals surface area contributed by atoms with Crippen LogP contribution in [0.15, 0.2) is 18.2 Å². The standard InChI is InChI=1S/C11H17NO3/c1-8(13)5-6-15-11-4-3-9(14-2)7-10(11)12/h3-4,7-8,13H,5-6,12H2,1-2H3. The fourth-order valence-electron chi connectivity index (χ4n) is 1.12. The van der Waals surface area contributed by atoms with E-state index in [1.807, 2.05) is 0 Å². The molecule has 0 amide bonds. The largest absolute Gasteiger partial charge is 0.497 e. The second kappa shape index (κ2) is 5.46. The van der Waals surface area contributed by atoms with E-state index in [0.717, 1.165) is 0 Å². The second-order valence-corrected chi connectivity index (χ2v) is 3.39. The number of ether oxygens (including phenoxy) is 2. The number of nitrogen functional groups attached to an aromatic ring is 1. The van der Waals surface area contributed by atoms with E-state index in [1.54, 1.807) is 32.2 Å². The summed E-state index contributed by atoms with van der Waals surface area (Å²) in [5, 5.41) is 9.05. The number of hydrogen-bond acceptors (Lipinski definition) is 4. The molecule has 0 heterocycles. The first kappa shape index (κ1) is 11.7. The van der Waals surface area contributed by atoms with Gasteiger partial charge in [0.2, 0.25) is 0 Å². The minimum atomic E-state index is -0.357. The van der Waals surface area contributed by atoms with Crippen LogP contribution in [0.25, 0.3) is 0 Å². The van der Waals surface area contributed by atoms with E-state index >= 15 is 0 Å². The molecule has 4 nitrogen and oxygen atoms in total. The molecule has 3 N–H and O–H groups in total. The molecule has 0 saturated carbocycles. The molecule has 0 fully saturated rings. The summed E-state index contributed by atoms with van der Waals surface area (Å²) in [5.74, 6) is 1.33. The zero-order valence-electron chi connectivity index (χ0n) is 9.06. The highest BCUT2D eigenvalue weighted by molar-refractivity contribution is 5.56. The van der Waals surface area contributed by atoms with Crippen molar-refractivity contribution >= 4 is 5.69 Å². The van der Waals surface area contributed by atoms with E-state index in [-0.39, 0.29) is 6.10 Å². The first-order chi connectivity index (χ1) is 7.13. The first-order valence-corrected chi connectivity index (χ1v) is 4.88. The maximum absolute atomic E-state index is 9.05. The van der Waals surface area contributed by atoms with Crippen LogP contribution in [0.3, 0.4) is 0 Å². The summed E-state index contributed by atoms with van der Waals surface area (Å²) in [6.07, 6.45) is 0.232. The molecule has 15 heavy (non-hydrogen) atoms. The predicted molar refractivity (Wildman–Crippen MR) is 59.2 cm³/mol. The highest BCUT2D eigenvalue weighted by atomic mass is 16.5. The van der Waals surface area contributed by atoms with Crippen LogP contribution in [0.5, 0.6) is 11.5 Å². The predicted octanol–water partition coefficient (Wildman–Crippen LogP) is 1.43. The third-order valence-corrected chi connectivity index (χ3v) is 2.01. The van der Waals surface area contributed by atoms with E-state index < -0.39 is 0 Å². The molecule has 4 heteroatoms. The Bertz CT molecular complexity index is 313. The molecule has 1 aromatic rings. The van der Waals surface area contributed by atoms with E-state index in [2.05, 4.69) is 0 Å².